The molecular formula is C48H60F6N6U. The number of benzene rings is 3. The van der Waals surface area contributed by atoms with Gasteiger partial charge in [-0.2, -0.15) is 39.4 Å². The summed E-state index contributed by atoms with van der Waals surface area (Å²) < 4.78 is 85.8. The van der Waals surface area contributed by atoms with Crippen molar-refractivity contribution < 1.29 is 57.5 Å². The van der Waals surface area contributed by atoms with Gasteiger partial charge in [-0.15, -0.1) is 12.2 Å². The Labute approximate surface area is 382 Å². The van der Waals surface area contributed by atoms with E-state index in [1.165, 1.54) is 29.7 Å². The predicted octanol–water partition coefficient (Wildman–Crippen LogP) is 13.5. The van der Waals surface area contributed by atoms with Crippen molar-refractivity contribution in [3.63, 3.8) is 0 Å². The molecule has 2 aliphatic rings. The third kappa shape index (κ3) is 13.8. The number of hydrogen-bond donors (Lipinski definition) is 3. The molecule has 0 amide bonds. The molecular weight excluding hydrogens is 1010 g/mol. The molecule has 0 saturated carbocycles. The molecule has 0 bridgehead atoms. The molecule has 1 heterocycles. The van der Waals surface area contributed by atoms with Gasteiger partial charge in [-0.05, 0) is 122 Å². The SMILES string of the molecule is C=C(C)c1ccc([N-]CC[N-]CC2CCN(c3ccc(C4=C(C(F)(F)C(F)(F)F)CCCc5c4ccc(N)c5C(=N)F)cc3)CC2)cc1CC.C=CNC(=C)CCC(C)C.[U+2]. The molecule has 13 heteroatoms. The van der Waals surface area contributed by atoms with E-state index >= 15 is 8.78 Å². The second-order valence-electron chi connectivity index (χ2n) is 16.0. The molecule has 0 unspecified atom stereocenters. The van der Waals surface area contributed by atoms with Gasteiger partial charge in [0.25, 0.3) is 0 Å². The van der Waals surface area contributed by atoms with Gasteiger partial charge in [0, 0.05) is 35.7 Å². The average Bonchev–Trinajstić information content (AvgIpc) is 3.40. The van der Waals surface area contributed by atoms with Gasteiger partial charge in [-0.1, -0.05) is 88.4 Å². The second-order valence-corrected chi connectivity index (χ2v) is 16.0. The van der Waals surface area contributed by atoms with E-state index < -0.39 is 30.1 Å². The van der Waals surface area contributed by atoms with Gasteiger partial charge in [0.05, 0.1) is 5.56 Å². The standard InChI is InChI=1S/C39H43F6N5.C9H17N.U/c1-4-26-22-28(10-13-30(26)24(2)3)49-19-18-48-23-25-16-20-50(21-17-25)29-11-8-27(9-12-29)35-32-14-15-34(46)36(37(40)47)31(32)6-5-7-33(35)38(41,42)39(43,44)45;1-5-10-9(4)7-6-8(2)3;/h8-15,22,25,47H,2,4-7,16-21,23,46H2,1,3H3;5,8,10H,1,4,6-7H2,2-3H3;/q-2;;+2. The van der Waals surface area contributed by atoms with Gasteiger partial charge in [0.1, 0.15) is 0 Å². The molecule has 4 N–H and O–H groups in total. The van der Waals surface area contributed by atoms with Crippen molar-refractivity contribution in [2.75, 3.05) is 43.4 Å². The van der Waals surface area contributed by atoms with Crippen molar-refractivity contribution in [1.82, 2.24) is 5.32 Å². The minimum Gasteiger partial charge on any atom is -0.686 e. The summed E-state index contributed by atoms with van der Waals surface area (Å²) in [6, 6.07) is 15.3. The number of fused-ring (bicyclic) bond motifs is 1. The van der Waals surface area contributed by atoms with Crippen LogP contribution in [0, 0.1) is 48.4 Å². The fourth-order valence-corrected chi connectivity index (χ4v) is 7.77. The first-order valence-electron chi connectivity index (χ1n) is 20.7. The number of alkyl halides is 5. The zero-order valence-electron chi connectivity index (χ0n) is 35.9. The molecule has 0 atom stereocenters. The monoisotopic (exact) mass is 1070 g/mol. The van der Waals surface area contributed by atoms with E-state index in [0.717, 1.165) is 73.9 Å². The number of aryl methyl sites for hydroxylation is 1. The van der Waals surface area contributed by atoms with Crippen LogP contribution in [0.5, 0.6) is 0 Å². The number of nitrogens with zero attached hydrogens (tertiary/aromatic N) is 3. The maximum Gasteiger partial charge on any atom is 2.00 e. The van der Waals surface area contributed by atoms with E-state index in [2.05, 4.69) is 62.9 Å². The Morgan fingerprint density at radius 1 is 1.00 bits per heavy atom. The largest absolute Gasteiger partial charge is 2.00 e. The zero-order valence-corrected chi connectivity index (χ0v) is 40.1. The molecule has 5 rings (SSSR count). The van der Waals surface area contributed by atoms with E-state index in [0.29, 0.717) is 19.0 Å². The van der Waals surface area contributed by atoms with Crippen LogP contribution in [0.15, 0.2) is 91.8 Å². The van der Waals surface area contributed by atoms with Crippen LogP contribution >= 0.6 is 0 Å². The van der Waals surface area contributed by atoms with Gasteiger partial charge in [0.2, 0.25) is 5.97 Å². The molecule has 0 radical (unpaired) electrons. The number of anilines is 2. The second kappa shape index (κ2) is 23.5. The number of nitrogens with one attached hydrogen (secondary N) is 2. The van der Waals surface area contributed by atoms with E-state index in [1.807, 2.05) is 13.0 Å². The van der Waals surface area contributed by atoms with Crippen LogP contribution in [-0.4, -0.2) is 50.8 Å². The van der Waals surface area contributed by atoms with Crippen LogP contribution in [0.25, 0.3) is 21.8 Å². The van der Waals surface area contributed by atoms with Gasteiger partial charge in [0.15, 0.2) is 0 Å². The molecule has 1 aliphatic heterocycles. The minimum atomic E-state index is -5.82. The molecule has 6 nitrogen and oxygen atoms in total. The van der Waals surface area contributed by atoms with Gasteiger partial charge < -0.3 is 26.6 Å². The first kappa shape index (κ1) is 51.4. The minimum absolute atomic E-state index is 0. The Kier molecular flexibility index (Phi) is 19.8. The topological polar surface area (TPSA) is 93.3 Å². The number of nitrogens with two attached hydrogens (primary N) is 1. The molecule has 3 aromatic rings. The van der Waals surface area contributed by atoms with Crippen molar-refractivity contribution in [2.24, 2.45) is 11.8 Å². The molecule has 1 aliphatic carbocycles. The summed E-state index contributed by atoms with van der Waals surface area (Å²) in [6.45, 7) is 23.5. The third-order valence-electron chi connectivity index (χ3n) is 11.1. The number of hydrogen-bond acceptors (Lipinski definition) is 4. The fraction of sp³-hybridized carbons (Fsp3) is 0.438. The van der Waals surface area contributed by atoms with Crippen molar-refractivity contribution in [1.29, 1.82) is 5.41 Å². The summed E-state index contributed by atoms with van der Waals surface area (Å²) in [6.07, 6.45) is 0.188. The van der Waals surface area contributed by atoms with Crippen molar-refractivity contribution in [3.05, 3.63) is 136 Å². The molecule has 1 fully saturated rings. The smallest absolute Gasteiger partial charge is 0.686 e. The van der Waals surface area contributed by atoms with Gasteiger partial charge in [-0.25, -0.2) is 0 Å². The Morgan fingerprint density at radius 2 is 1.67 bits per heavy atom. The summed E-state index contributed by atoms with van der Waals surface area (Å²) in [5.41, 5.74) is 10.9. The van der Waals surface area contributed by atoms with E-state index in [1.54, 1.807) is 30.5 Å². The van der Waals surface area contributed by atoms with Crippen LogP contribution in [0.3, 0.4) is 0 Å². The normalized spacial score (nSPS) is 14.6. The Bertz CT molecular complexity index is 2000. The third-order valence-corrected chi connectivity index (χ3v) is 11.1. The maximum atomic E-state index is 15.1. The van der Waals surface area contributed by atoms with Crippen LogP contribution in [0.4, 0.5) is 43.4 Å². The molecule has 3 aromatic carbocycles. The summed E-state index contributed by atoms with van der Waals surface area (Å²) >= 11 is 0. The molecule has 61 heavy (non-hydrogen) atoms. The van der Waals surface area contributed by atoms with Crippen molar-refractivity contribution >= 4 is 34.2 Å². The summed E-state index contributed by atoms with van der Waals surface area (Å²) in [5.74, 6) is -5.30. The molecule has 0 spiro atoms. The first-order chi connectivity index (χ1) is 28.4. The van der Waals surface area contributed by atoms with Crippen molar-refractivity contribution in [2.45, 2.75) is 91.2 Å². The number of piperidine rings is 1. The molecule has 328 valence electrons. The molecule has 0 aromatic heterocycles. The summed E-state index contributed by atoms with van der Waals surface area (Å²) in [4.78, 5) is 2.17. The Morgan fingerprint density at radius 3 is 2.25 bits per heavy atom. The zero-order chi connectivity index (χ0) is 44.2. The number of rotatable bonds is 17. The van der Waals surface area contributed by atoms with E-state index in [-0.39, 0.29) is 77.5 Å². The van der Waals surface area contributed by atoms with Gasteiger partial charge in [-0.3, -0.25) is 5.41 Å². The maximum absolute atomic E-state index is 15.1. The first-order valence-corrected chi connectivity index (χ1v) is 20.7. The van der Waals surface area contributed by atoms with Crippen LogP contribution in [0.2, 0.25) is 0 Å². The number of halogens is 6. The summed E-state index contributed by atoms with van der Waals surface area (Å²) in [5, 5.41) is 20.0. The Hall–Kier alpha value is -3.92. The van der Waals surface area contributed by atoms with Crippen LogP contribution in [0.1, 0.15) is 99.6 Å². The quantitative estimate of drug-likeness (QED) is 0.0544. The van der Waals surface area contributed by atoms with Crippen LogP contribution < -0.4 is 16.0 Å². The summed E-state index contributed by atoms with van der Waals surface area (Å²) in [7, 11) is 0. The number of allylic oxidation sites excluding steroid dienone is 3. The molecule has 1 saturated heterocycles. The predicted molar refractivity (Wildman–Crippen MR) is 238 cm³/mol. The number of nitrogen functional groups attached to an aromatic ring is 1. The van der Waals surface area contributed by atoms with Crippen LogP contribution in [-0.2, 0) is 12.8 Å². The van der Waals surface area contributed by atoms with Crippen molar-refractivity contribution in [3.8, 4) is 0 Å². The van der Waals surface area contributed by atoms with E-state index in [4.69, 9.17) is 21.8 Å². The average molecular weight is 1070 g/mol. The Balaban J connectivity index is 0.000000801. The fourth-order valence-electron chi connectivity index (χ4n) is 7.77. The van der Waals surface area contributed by atoms with E-state index in [9.17, 15) is 17.6 Å². The van der Waals surface area contributed by atoms with Gasteiger partial charge >= 0.3 is 43.2 Å².